The van der Waals surface area contributed by atoms with Crippen LogP contribution < -0.4 is 10.5 Å². The molecule has 0 aromatic heterocycles. The van der Waals surface area contributed by atoms with Crippen molar-refractivity contribution in [1.82, 2.24) is 4.90 Å². The third kappa shape index (κ3) is 5.31. The molecule has 118 valence electrons. The average molecular weight is 409 g/mol. The Kier molecular flexibility index (Phi) is 7.73. The second kappa shape index (κ2) is 9.04. The number of benzene rings is 1. The van der Waals surface area contributed by atoms with E-state index in [4.69, 9.17) is 15.2 Å². The molecule has 1 fully saturated rings. The summed E-state index contributed by atoms with van der Waals surface area (Å²) in [7, 11) is 1.46. The number of guanidine groups is 1. The molecule has 0 saturated carbocycles. The number of nitrogens with two attached hydrogens (primary N) is 1. The van der Waals surface area contributed by atoms with Gasteiger partial charge in [-0.05, 0) is 24.1 Å². The Bertz CT molecular complexity index is 479. The summed E-state index contributed by atoms with van der Waals surface area (Å²) in [5, 5.41) is 0. The van der Waals surface area contributed by atoms with Crippen LogP contribution in [0.25, 0.3) is 0 Å². The first-order valence-electron chi connectivity index (χ1n) is 6.65. The van der Waals surface area contributed by atoms with Crippen LogP contribution in [0.5, 0.6) is 5.75 Å². The van der Waals surface area contributed by atoms with E-state index < -0.39 is 0 Å². The lowest BCUT2D eigenvalue weighted by molar-refractivity contribution is 0.0674. The maximum absolute atomic E-state index is 13.3. The van der Waals surface area contributed by atoms with Crippen molar-refractivity contribution in [2.45, 2.75) is 6.42 Å². The molecule has 2 N–H and O–H groups in total. The van der Waals surface area contributed by atoms with Crippen LogP contribution in [-0.2, 0) is 11.2 Å². The maximum atomic E-state index is 13.3. The van der Waals surface area contributed by atoms with Gasteiger partial charge in [-0.3, -0.25) is 4.99 Å². The van der Waals surface area contributed by atoms with Crippen LogP contribution >= 0.6 is 24.0 Å². The largest absolute Gasteiger partial charge is 0.494 e. The first-order chi connectivity index (χ1) is 9.70. The second-order valence-electron chi connectivity index (χ2n) is 4.56. The zero-order chi connectivity index (χ0) is 14.4. The molecule has 1 aliphatic rings. The Morgan fingerprint density at radius 2 is 2.14 bits per heavy atom. The monoisotopic (exact) mass is 409 g/mol. The van der Waals surface area contributed by atoms with E-state index in [1.165, 1.54) is 13.2 Å². The van der Waals surface area contributed by atoms with Crippen molar-refractivity contribution in [1.29, 1.82) is 0 Å². The Labute approximate surface area is 141 Å². The van der Waals surface area contributed by atoms with Crippen LogP contribution in [0.3, 0.4) is 0 Å². The standard InChI is InChI=1S/C14H20FN3O2.HI/c1-19-13-10-11(2-3-12(13)15)4-5-17-14(16)18-6-8-20-9-7-18;/h2-3,10H,4-9H2,1H3,(H2,16,17);1H. The molecule has 0 radical (unpaired) electrons. The number of morpholine rings is 1. The summed E-state index contributed by atoms with van der Waals surface area (Å²) in [4.78, 5) is 6.36. The Hall–Kier alpha value is -1.09. The van der Waals surface area contributed by atoms with Gasteiger partial charge in [-0.15, -0.1) is 24.0 Å². The number of methoxy groups -OCH3 is 1. The molecule has 0 bridgehead atoms. The van der Waals surface area contributed by atoms with Crippen LogP contribution in [0.2, 0.25) is 0 Å². The molecule has 5 nitrogen and oxygen atoms in total. The molecule has 0 amide bonds. The molecular weight excluding hydrogens is 388 g/mol. The van der Waals surface area contributed by atoms with Crippen LogP contribution in [0.1, 0.15) is 5.56 Å². The lowest BCUT2D eigenvalue weighted by atomic mass is 10.1. The van der Waals surface area contributed by atoms with Crippen molar-refractivity contribution in [3.63, 3.8) is 0 Å². The summed E-state index contributed by atoms with van der Waals surface area (Å²) in [5.74, 6) is 0.447. The minimum atomic E-state index is -0.354. The molecular formula is C14H21FIN3O2. The normalized spacial score (nSPS) is 15.5. The van der Waals surface area contributed by atoms with Crippen molar-refractivity contribution in [2.24, 2.45) is 10.7 Å². The summed E-state index contributed by atoms with van der Waals surface area (Å²) in [5.41, 5.74) is 6.90. The molecule has 0 aliphatic carbocycles. The van der Waals surface area contributed by atoms with E-state index >= 15 is 0 Å². The first kappa shape index (κ1) is 18.0. The van der Waals surface area contributed by atoms with E-state index in [1.807, 2.05) is 4.90 Å². The fraction of sp³-hybridized carbons (Fsp3) is 0.500. The Morgan fingerprint density at radius 1 is 1.43 bits per heavy atom. The highest BCUT2D eigenvalue weighted by Gasteiger charge is 2.11. The van der Waals surface area contributed by atoms with Crippen molar-refractivity contribution >= 4 is 29.9 Å². The zero-order valence-corrected chi connectivity index (χ0v) is 14.4. The SMILES string of the molecule is COc1cc(CCN=C(N)N2CCOCC2)ccc1F.I. The summed E-state index contributed by atoms with van der Waals surface area (Å²) in [6, 6.07) is 4.83. The van der Waals surface area contributed by atoms with E-state index in [0.29, 0.717) is 32.1 Å². The molecule has 7 heteroatoms. The number of hydrogen-bond donors (Lipinski definition) is 1. The minimum absolute atomic E-state index is 0. The highest BCUT2D eigenvalue weighted by Crippen LogP contribution is 2.18. The van der Waals surface area contributed by atoms with Gasteiger partial charge in [0.1, 0.15) is 0 Å². The van der Waals surface area contributed by atoms with Crippen molar-refractivity contribution < 1.29 is 13.9 Å². The van der Waals surface area contributed by atoms with Crippen LogP contribution in [-0.4, -0.2) is 50.8 Å². The maximum Gasteiger partial charge on any atom is 0.191 e. The summed E-state index contributed by atoms with van der Waals surface area (Å²) >= 11 is 0. The van der Waals surface area contributed by atoms with Gasteiger partial charge < -0.3 is 20.1 Å². The fourth-order valence-corrected chi connectivity index (χ4v) is 2.05. The lowest BCUT2D eigenvalue weighted by Crippen LogP contribution is -2.44. The topological polar surface area (TPSA) is 60.1 Å². The van der Waals surface area contributed by atoms with Gasteiger partial charge in [0.2, 0.25) is 0 Å². The van der Waals surface area contributed by atoms with Gasteiger partial charge in [0.05, 0.1) is 20.3 Å². The van der Waals surface area contributed by atoms with Crippen LogP contribution in [0, 0.1) is 5.82 Å². The molecule has 1 heterocycles. The van der Waals surface area contributed by atoms with E-state index in [-0.39, 0.29) is 35.5 Å². The number of hydrogen-bond acceptors (Lipinski definition) is 3. The van der Waals surface area contributed by atoms with Crippen molar-refractivity contribution in [2.75, 3.05) is 40.0 Å². The highest BCUT2D eigenvalue weighted by atomic mass is 127. The fourth-order valence-electron chi connectivity index (χ4n) is 2.05. The number of halogens is 2. The van der Waals surface area contributed by atoms with Crippen molar-refractivity contribution in [3.8, 4) is 5.75 Å². The number of nitrogens with zero attached hydrogens (tertiary/aromatic N) is 2. The molecule has 0 unspecified atom stereocenters. The van der Waals surface area contributed by atoms with Gasteiger partial charge >= 0.3 is 0 Å². The van der Waals surface area contributed by atoms with E-state index in [1.54, 1.807) is 12.1 Å². The molecule has 21 heavy (non-hydrogen) atoms. The van der Waals surface area contributed by atoms with E-state index in [2.05, 4.69) is 4.99 Å². The number of aliphatic imine (C=N–C) groups is 1. The Balaban J connectivity index is 0.00000220. The van der Waals surface area contributed by atoms with Gasteiger partial charge in [-0.1, -0.05) is 6.07 Å². The molecule has 0 spiro atoms. The molecule has 1 saturated heterocycles. The minimum Gasteiger partial charge on any atom is -0.494 e. The van der Waals surface area contributed by atoms with E-state index in [9.17, 15) is 4.39 Å². The van der Waals surface area contributed by atoms with Gasteiger partial charge in [0, 0.05) is 19.6 Å². The smallest absolute Gasteiger partial charge is 0.191 e. The number of ether oxygens (including phenoxy) is 2. The van der Waals surface area contributed by atoms with E-state index in [0.717, 1.165) is 18.7 Å². The molecule has 0 atom stereocenters. The first-order valence-corrected chi connectivity index (χ1v) is 6.65. The average Bonchev–Trinajstić information content (AvgIpc) is 2.49. The predicted octanol–water partition coefficient (Wildman–Crippen LogP) is 1.64. The quantitative estimate of drug-likeness (QED) is 0.467. The zero-order valence-electron chi connectivity index (χ0n) is 12.0. The third-order valence-corrected chi connectivity index (χ3v) is 3.22. The van der Waals surface area contributed by atoms with Gasteiger partial charge in [0.15, 0.2) is 17.5 Å². The molecule has 1 aromatic rings. The Morgan fingerprint density at radius 3 is 2.81 bits per heavy atom. The summed E-state index contributed by atoms with van der Waals surface area (Å²) in [6.45, 7) is 3.49. The summed E-state index contributed by atoms with van der Waals surface area (Å²) < 4.78 is 23.5. The summed E-state index contributed by atoms with van der Waals surface area (Å²) in [6.07, 6.45) is 0.696. The molecule has 2 rings (SSSR count). The predicted molar refractivity (Wildman–Crippen MR) is 91.0 cm³/mol. The van der Waals surface area contributed by atoms with Gasteiger partial charge in [-0.25, -0.2) is 4.39 Å². The third-order valence-electron chi connectivity index (χ3n) is 3.22. The molecule has 1 aromatic carbocycles. The van der Waals surface area contributed by atoms with Crippen LogP contribution in [0.15, 0.2) is 23.2 Å². The molecule has 1 aliphatic heterocycles. The number of rotatable bonds is 4. The van der Waals surface area contributed by atoms with Gasteiger partial charge in [-0.2, -0.15) is 0 Å². The van der Waals surface area contributed by atoms with Crippen LogP contribution in [0.4, 0.5) is 4.39 Å². The lowest BCUT2D eigenvalue weighted by Gasteiger charge is -2.27. The van der Waals surface area contributed by atoms with Crippen molar-refractivity contribution in [3.05, 3.63) is 29.6 Å². The second-order valence-corrected chi connectivity index (χ2v) is 4.56. The highest BCUT2D eigenvalue weighted by molar-refractivity contribution is 14.0. The van der Waals surface area contributed by atoms with Gasteiger partial charge in [0.25, 0.3) is 0 Å².